The van der Waals surface area contributed by atoms with Gasteiger partial charge in [-0.2, -0.15) is 18.3 Å². The van der Waals surface area contributed by atoms with E-state index in [2.05, 4.69) is 20.5 Å². The Hall–Kier alpha value is -3.34. The number of halogens is 5. The summed E-state index contributed by atoms with van der Waals surface area (Å²) in [4.78, 5) is 13.0. The lowest BCUT2D eigenvalue weighted by Crippen LogP contribution is -2.21. The first-order chi connectivity index (χ1) is 17.1. The van der Waals surface area contributed by atoms with Gasteiger partial charge in [-0.25, -0.2) is 18.6 Å². The number of rotatable bonds is 7. The van der Waals surface area contributed by atoms with Crippen LogP contribution in [0.25, 0.3) is 22.5 Å². The fourth-order valence-electron chi connectivity index (χ4n) is 4.12. The van der Waals surface area contributed by atoms with E-state index < -0.39 is 23.8 Å². The fraction of sp³-hybridized carbons (Fsp3) is 0.400. The van der Waals surface area contributed by atoms with E-state index in [0.717, 1.165) is 30.0 Å². The summed E-state index contributed by atoms with van der Waals surface area (Å²) >= 11 is 0. The van der Waals surface area contributed by atoms with Gasteiger partial charge >= 0.3 is 12.1 Å². The second-order valence-electron chi connectivity index (χ2n) is 8.61. The van der Waals surface area contributed by atoms with Crippen LogP contribution < -0.4 is 5.32 Å². The highest BCUT2D eigenvalue weighted by Crippen LogP contribution is 2.28. The molecule has 36 heavy (non-hydrogen) atoms. The Balaban J connectivity index is 0.000000454. The van der Waals surface area contributed by atoms with Gasteiger partial charge in [-0.15, -0.1) is 0 Å². The van der Waals surface area contributed by atoms with Gasteiger partial charge in [-0.05, 0) is 48.2 Å². The molecule has 0 aliphatic heterocycles. The van der Waals surface area contributed by atoms with E-state index in [1.165, 1.54) is 50.6 Å². The Morgan fingerprint density at radius 1 is 1.03 bits per heavy atom. The SMILES string of the molecule is Fc1cc(-c2cccc(-c3ncn[nH]3)c2)cc(F)c1CNCCC1CCCCC1.O=C(O)C(F)(F)F. The summed E-state index contributed by atoms with van der Waals surface area (Å²) in [5.74, 6) is -2.42. The Bertz CT molecular complexity index is 1110. The van der Waals surface area contributed by atoms with Crippen molar-refractivity contribution in [1.29, 1.82) is 0 Å². The number of hydrogen-bond acceptors (Lipinski definition) is 4. The number of nitrogens with zero attached hydrogens (tertiary/aromatic N) is 2. The predicted octanol–water partition coefficient (Wildman–Crippen LogP) is 6.11. The molecule has 1 saturated carbocycles. The molecule has 0 saturated heterocycles. The molecule has 0 atom stereocenters. The molecule has 1 aromatic heterocycles. The second kappa shape index (κ2) is 12.6. The van der Waals surface area contributed by atoms with Gasteiger partial charge in [-0.1, -0.05) is 50.3 Å². The Morgan fingerprint density at radius 3 is 2.25 bits per heavy atom. The number of benzene rings is 2. The van der Waals surface area contributed by atoms with Crippen LogP contribution in [0.15, 0.2) is 42.7 Å². The number of hydrogen-bond donors (Lipinski definition) is 3. The van der Waals surface area contributed by atoms with Gasteiger partial charge in [0.15, 0.2) is 5.82 Å². The molecule has 6 nitrogen and oxygen atoms in total. The van der Waals surface area contributed by atoms with Crippen molar-refractivity contribution >= 4 is 5.97 Å². The van der Waals surface area contributed by atoms with Crippen LogP contribution >= 0.6 is 0 Å². The van der Waals surface area contributed by atoms with Crippen LogP contribution in [0.1, 0.15) is 44.1 Å². The van der Waals surface area contributed by atoms with Crippen molar-refractivity contribution in [3.63, 3.8) is 0 Å². The van der Waals surface area contributed by atoms with Crippen molar-refractivity contribution < 1.29 is 31.9 Å². The molecule has 0 bridgehead atoms. The van der Waals surface area contributed by atoms with Gasteiger partial charge < -0.3 is 10.4 Å². The molecule has 194 valence electrons. The van der Waals surface area contributed by atoms with E-state index in [1.807, 2.05) is 24.3 Å². The molecule has 1 heterocycles. The molecule has 2 aromatic carbocycles. The first-order valence-corrected chi connectivity index (χ1v) is 11.6. The largest absolute Gasteiger partial charge is 0.490 e. The van der Waals surface area contributed by atoms with Crippen molar-refractivity contribution in [2.24, 2.45) is 5.92 Å². The van der Waals surface area contributed by atoms with Crippen LogP contribution in [0, 0.1) is 17.6 Å². The number of alkyl halides is 3. The standard InChI is InChI=1S/C23H26F2N4.C2HF3O2/c24-21-12-19(17-7-4-8-18(11-17)23-27-15-28-29-23)13-22(25)20(21)14-26-10-9-16-5-2-1-3-6-16;3-2(4,5)1(6)7/h4,7-8,11-13,15-16,26H,1-3,5-6,9-10,14H2,(H,27,28,29);(H,6,7). The highest BCUT2D eigenvalue weighted by atomic mass is 19.4. The number of aromatic amines is 1. The van der Waals surface area contributed by atoms with Gasteiger partial charge in [0.05, 0.1) is 0 Å². The molecular weight excluding hydrogens is 483 g/mol. The van der Waals surface area contributed by atoms with Gasteiger partial charge in [0.2, 0.25) is 0 Å². The monoisotopic (exact) mass is 510 g/mol. The van der Waals surface area contributed by atoms with Gasteiger partial charge in [0.25, 0.3) is 0 Å². The average molecular weight is 511 g/mol. The molecule has 1 aliphatic rings. The summed E-state index contributed by atoms with van der Waals surface area (Å²) in [6.45, 7) is 1.01. The van der Waals surface area contributed by atoms with Crippen LogP contribution in [-0.4, -0.2) is 39.0 Å². The molecule has 3 N–H and O–H groups in total. The van der Waals surface area contributed by atoms with Gasteiger partial charge in [0, 0.05) is 17.7 Å². The van der Waals surface area contributed by atoms with Gasteiger partial charge in [-0.3, -0.25) is 5.10 Å². The van der Waals surface area contributed by atoms with Crippen LogP contribution in [0.4, 0.5) is 22.0 Å². The van der Waals surface area contributed by atoms with Crippen LogP contribution in [0.2, 0.25) is 0 Å². The van der Waals surface area contributed by atoms with E-state index in [1.54, 1.807) is 0 Å². The van der Waals surface area contributed by atoms with Crippen molar-refractivity contribution in [2.75, 3.05) is 6.54 Å². The third-order valence-electron chi connectivity index (χ3n) is 6.02. The Morgan fingerprint density at radius 2 is 1.67 bits per heavy atom. The summed E-state index contributed by atoms with van der Waals surface area (Å²) in [5.41, 5.74) is 2.15. The smallest absolute Gasteiger partial charge is 0.475 e. The van der Waals surface area contributed by atoms with Crippen molar-refractivity contribution in [1.82, 2.24) is 20.5 Å². The average Bonchev–Trinajstić information content (AvgIpc) is 3.39. The molecule has 11 heteroatoms. The molecule has 0 spiro atoms. The lowest BCUT2D eigenvalue weighted by atomic mass is 9.87. The second-order valence-corrected chi connectivity index (χ2v) is 8.61. The summed E-state index contributed by atoms with van der Waals surface area (Å²) in [6.07, 6.45) is 3.96. The quantitative estimate of drug-likeness (QED) is 0.264. The highest BCUT2D eigenvalue weighted by molar-refractivity contribution is 5.73. The first-order valence-electron chi connectivity index (χ1n) is 11.6. The number of carbonyl (C=O) groups is 1. The maximum absolute atomic E-state index is 14.6. The number of carboxylic acid groups (broad SMARTS) is 1. The summed E-state index contributed by atoms with van der Waals surface area (Å²) in [6, 6.07) is 10.2. The highest BCUT2D eigenvalue weighted by Gasteiger charge is 2.38. The zero-order chi connectivity index (χ0) is 26.1. The van der Waals surface area contributed by atoms with E-state index in [4.69, 9.17) is 9.90 Å². The number of nitrogens with one attached hydrogen (secondary N) is 2. The molecule has 1 fully saturated rings. The van der Waals surface area contributed by atoms with E-state index in [9.17, 15) is 22.0 Å². The molecule has 0 unspecified atom stereocenters. The third kappa shape index (κ3) is 7.84. The molecule has 4 rings (SSSR count). The minimum absolute atomic E-state index is 0.101. The Labute approximate surface area is 205 Å². The number of aromatic nitrogens is 3. The molecular formula is C25H27F5N4O2. The Kier molecular flexibility index (Phi) is 9.51. The number of carboxylic acids is 1. The lowest BCUT2D eigenvalue weighted by Gasteiger charge is -2.21. The predicted molar refractivity (Wildman–Crippen MR) is 124 cm³/mol. The van der Waals surface area contributed by atoms with Crippen molar-refractivity contribution in [3.8, 4) is 22.5 Å². The first kappa shape index (κ1) is 27.3. The number of H-pyrrole nitrogens is 1. The molecule has 3 aromatic rings. The summed E-state index contributed by atoms with van der Waals surface area (Å²) in [5, 5.41) is 17.0. The molecule has 0 radical (unpaired) electrons. The summed E-state index contributed by atoms with van der Waals surface area (Å²) in [7, 11) is 0. The van der Waals surface area contributed by atoms with E-state index in [-0.39, 0.29) is 12.1 Å². The van der Waals surface area contributed by atoms with Gasteiger partial charge in [0.1, 0.15) is 18.0 Å². The van der Waals surface area contributed by atoms with Crippen molar-refractivity contribution in [2.45, 2.75) is 51.2 Å². The lowest BCUT2D eigenvalue weighted by molar-refractivity contribution is -0.192. The van der Waals surface area contributed by atoms with E-state index >= 15 is 0 Å². The molecule has 0 amide bonds. The minimum Gasteiger partial charge on any atom is -0.475 e. The summed E-state index contributed by atoms with van der Waals surface area (Å²) < 4.78 is 61.0. The maximum atomic E-state index is 14.6. The zero-order valence-electron chi connectivity index (χ0n) is 19.4. The van der Waals surface area contributed by atoms with E-state index in [0.29, 0.717) is 11.4 Å². The maximum Gasteiger partial charge on any atom is 0.490 e. The van der Waals surface area contributed by atoms with Crippen LogP contribution in [0.5, 0.6) is 0 Å². The normalized spacial score (nSPS) is 14.2. The van der Waals surface area contributed by atoms with Crippen molar-refractivity contribution in [3.05, 3.63) is 59.9 Å². The third-order valence-corrected chi connectivity index (χ3v) is 6.02. The van der Waals surface area contributed by atoms with Crippen LogP contribution in [0.3, 0.4) is 0 Å². The topological polar surface area (TPSA) is 90.9 Å². The fourth-order valence-corrected chi connectivity index (χ4v) is 4.12. The molecule has 1 aliphatic carbocycles. The van der Waals surface area contributed by atoms with Crippen LogP contribution in [-0.2, 0) is 11.3 Å². The zero-order valence-corrected chi connectivity index (χ0v) is 19.4. The number of aliphatic carboxylic acids is 1. The minimum atomic E-state index is -5.08.